The number of hydrogen-bond acceptors (Lipinski definition) is 2. The number of benzene rings is 3. The Kier molecular flexibility index (Phi) is 4.96. The summed E-state index contributed by atoms with van der Waals surface area (Å²) in [7, 11) is 0. The van der Waals surface area contributed by atoms with Gasteiger partial charge in [0.2, 0.25) is 0 Å². The maximum absolute atomic E-state index is 13.1. The Morgan fingerprint density at radius 2 is 1.64 bits per heavy atom. The van der Waals surface area contributed by atoms with E-state index in [4.69, 9.17) is 11.6 Å². The minimum Gasteiger partial charge on any atom is -0.321 e. The summed E-state index contributed by atoms with van der Waals surface area (Å²) in [5, 5.41) is 8.08. The Morgan fingerprint density at radius 3 is 2.32 bits per heavy atom. The molecular formula is C23H18ClN3O. The molecule has 0 aliphatic heterocycles. The number of amides is 1. The van der Waals surface area contributed by atoms with Crippen LogP contribution in [0.3, 0.4) is 0 Å². The molecule has 1 N–H and O–H groups in total. The maximum Gasteiger partial charge on any atom is 0.259 e. The Bertz CT molecular complexity index is 1120. The van der Waals surface area contributed by atoms with E-state index in [0.717, 1.165) is 16.8 Å². The van der Waals surface area contributed by atoms with Gasteiger partial charge in [0.25, 0.3) is 5.91 Å². The molecule has 0 radical (unpaired) electrons. The molecule has 138 valence electrons. The third-order valence-electron chi connectivity index (χ3n) is 4.40. The second kappa shape index (κ2) is 7.71. The zero-order valence-corrected chi connectivity index (χ0v) is 16.0. The van der Waals surface area contributed by atoms with Crippen LogP contribution in [0.4, 0.5) is 5.69 Å². The fourth-order valence-corrected chi connectivity index (χ4v) is 3.26. The van der Waals surface area contributed by atoms with Gasteiger partial charge in [0.1, 0.15) is 5.69 Å². The number of aromatic nitrogens is 2. The van der Waals surface area contributed by atoms with Crippen molar-refractivity contribution in [1.29, 1.82) is 0 Å². The number of hydrogen-bond donors (Lipinski definition) is 1. The number of carbonyl (C=O) groups is 1. The van der Waals surface area contributed by atoms with Crippen LogP contribution < -0.4 is 5.32 Å². The van der Waals surface area contributed by atoms with Crippen LogP contribution in [0.25, 0.3) is 16.9 Å². The van der Waals surface area contributed by atoms with Gasteiger partial charge in [-0.25, -0.2) is 4.68 Å². The first-order valence-electron chi connectivity index (χ1n) is 8.90. The molecule has 4 nitrogen and oxygen atoms in total. The summed E-state index contributed by atoms with van der Waals surface area (Å²) in [5.41, 5.74) is 4.45. The zero-order valence-electron chi connectivity index (χ0n) is 15.3. The van der Waals surface area contributed by atoms with Crippen LogP contribution in [-0.2, 0) is 0 Å². The van der Waals surface area contributed by atoms with Crippen molar-refractivity contribution in [2.24, 2.45) is 0 Å². The van der Waals surface area contributed by atoms with E-state index in [-0.39, 0.29) is 5.91 Å². The summed E-state index contributed by atoms with van der Waals surface area (Å²) in [5.74, 6) is -0.258. The lowest BCUT2D eigenvalue weighted by atomic mass is 10.1. The van der Waals surface area contributed by atoms with Gasteiger partial charge in [-0.1, -0.05) is 66.2 Å². The molecule has 0 spiro atoms. The van der Waals surface area contributed by atoms with Crippen molar-refractivity contribution in [1.82, 2.24) is 9.78 Å². The Labute approximate surface area is 168 Å². The first kappa shape index (κ1) is 18.0. The summed E-state index contributed by atoms with van der Waals surface area (Å²) >= 11 is 6.28. The highest BCUT2D eigenvalue weighted by molar-refractivity contribution is 6.34. The van der Waals surface area contributed by atoms with Gasteiger partial charge >= 0.3 is 0 Å². The number of aryl methyl sites for hydroxylation is 1. The zero-order chi connectivity index (χ0) is 19.5. The van der Waals surface area contributed by atoms with Crippen LogP contribution in [0.1, 0.15) is 15.9 Å². The maximum atomic E-state index is 13.1. The fourth-order valence-electron chi connectivity index (χ4n) is 2.97. The lowest BCUT2D eigenvalue weighted by molar-refractivity contribution is 0.102. The lowest BCUT2D eigenvalue weighted by Gasteiger charge is -2.08. The first-order chi connectivity index (χ1) is 13.6. The van der Waals surface area contributed by atoms with E-state index >= 15 is 0 Å². The van der Waals surface area contributed by atoms with Gasteiger partial charge in [-0.15, -0.1) is 0 Å². The largest absolute Gasteiger partial charge is 0.321 e. The second-order valence-electron chi connectivity index (χ2n) is 6.47. The van der Waals surface area contributed by atoms with Gasteiger partial charge in [0, 0.05) is 11.8 Å². The summed E-state index contributed by atoms with van der Waals surface area (Å²) in [6, 6.07) is 24.9. The van der Waals surface area contributed by atoms with Crippen molar-refractivity contribution in [3.63, 3.8) is 0 Å². The number of halogens is 1. The number of nitrogens with zero attached hydrogens (tertiary/aromatic N) is 2. The fraction of sp³-hybridized carbons (Fsp3) is 0.0435. The Balaban J connectivity index is 1.76. The molecule has 0 aliphatic rings. The molecule has 28 heavy (non-hydrogen) atoms. The number of carbonyl (C=O) groups excluding carboxylic acids is 1. The summed E-state index contributed by atoms with van der Waals surface area (Å²) < 4.78 is 1.72. The summed E-state index contributed by atoms with van der Waals surface area (Å²) in [6.45, 7) is 1.95. The number of nitrogens with one attached hydrogen (secondary N) is 1. The molecule has 0 atom stereocenters. The highest BCUT2D eigenvalue weighted by Gasteiger charge is 2.19. The van der Waals surface area contributed by atoms with Gasteiger partial charge in [-0.3, -0.25) is 4.79 Å². The molecule has 1 amide bonds. The summed E-state index contributed by atoms with van der Waals surface area (Å²) in [6.07, 6.45) is 1.75. The third kappa shape index (κ3) is 3.68. The minimum atomic E-state index is -0.258. The smallest absolute Gasteiger partial charge is 0.259 e. The highest BCUT2D eigenvalue weighted by Crippen LogP contribution is 2.27. The van der Waals surface area contributed by atoms with E-state index in [1.54, 1.807) is 16.9 Å². The van der Waals surface area contributed by atoms with Crippen molar-refractivity contribution in [3.8, 4) is 16.9 Å². The van der Waals surface area contributed by atoms with Crippen LogP contribution in [0.5, 0.6) is 0 Å². The quantitative estimate of drug-likeness (QED) is 0.484. The molecule has 0 saturated carbocycles. The van der Waals surface area contributed by atoms with E-state index < -0.39 is 0 Å². The van der Waals surface area contributed by atoms with Gasteiger partial charge in [0.15, 0.2) is 0 Å². The van der Waals surface area contributed by atoms with Crippen molar-refractivity contribution >= 4 is 23.2 Å². The Morgan fingerprint density at radius 1 is 0.964 bits per heavy atom. The molecule has 4 aromatic rings. The minimum absolute atomic E-state index is 0.258. The van der Waals surface area contributed by atoms with Crippen LogP contribution in [-0.4, -0.2) is 15.7 Å². The molecule has 1 aromatic heterocycles. The van der Waals surface area contributed by atoms with E-state index in [1.165, 1.54) is 0 Å². The molecule has 3 aromatic carbocycles. The monoisotopic (exact) mass is 387 g/mol. The van der Waals surface area contributed by atoms with Crippen LogP contribution in [0.15, 0.2) is 85.1 Å². The molecule has 0 bridgehead atoms. The van der Waals surface area contributed by atoms with Crippen LogP contribution in [0.2, 0.25) is 5.02 Å². The summed E-state index contributed by atoms with van der Waals surface area (Å²) in [4.78, 5) is 13.1. The lowest BCUT2D eigenvalue weighted by Crippen LogP contribution is -2.12. The molecule has 0 unspecified atom stereocenters. The average molecular weight is 388 g/mol. The number of rotatable bonds is 4. The normalized spacial score (nSPS) is 10.6. The Hall–Kier alpha value is -3.37. The molecule has 1 heterocycles. The standard InChI is InChI=1S/C23H18ClN3O/c1-16-12-13-21(20(24)14-16)25-23(28)19-15-27(18-10-6-3-7-11-18)26-22(19)17-8-4-2-5-9-17/h2-15H,1H3,(H,25,28). The van der Waals surface area contributed by atoms with E-state index in [9.17, 15) is 4.79 Å². The van der Waals surface area contributed by atoms with E-state index in [0.29, 0.717) is 22.0 Å². The second-order valence-corrected chi connectivity index (χ2v) is 6.88. The van der Waals surface area contributed by atoms with Gasteiger partial charge in [0.05, 0.1) is 22.0 Å². The molecule has 0 aliphatic carbocycles. The van der Waals surface area contributed by atoms with Gasteiger partial charge in [-0.2, -0.15) is 5.10 Å². The van der Waals surface area contributed by atoms with E-state index in [1.807, 2.05) is 79.7 Å². The predicted octanol–water partition coefficient (Wildman–Crippen LogP) is 5.75. The number of anilines is 1. The number of para-hydroxylation sites is 1. The first-order valence-corrected chi connectivity index (χ1v) is 9.27. The van der Waals surface area contributed by atoms with E-state index in [2.05, 4.69) is 10.4 Å². The highest BCUT2D eigenvalue weighted by atomic mass is 35.5. The van der Waals surface area contributed by atoms with Gasteiger partial charge in [-0.05, 0) is 36.8 Å². The molecule has 0 fully saturated rings. The van der Waals surface area contributed by atoms with Crippen molar-refractivity contribution < 1.29 is 4.79 Å². The van der Waals surface area contributed by atoms with Crippen molar-refractivity contribution in [2.45, 2.75) is 6.92 Å². The van der Waals surface area contributed by atoms with Gasteiger partial charge < -0.3 is 5.32 Å². The molecule has 5 heteroatoms. The predicted molar refractivity (Wildman–Crippen MR) is 113 cm³/mol. The van der Waals surface area contributed by atoms with Crippen molar-refractivity contribution in [3.05, 3.63) is 101 Å². The molecule has 4 rings (SSSR count). The topological polar surface area (TPSA) is 46.9 Å². The van der Waals surface area contributed by atoms with Crippen LogP contribution in [0, 0.1) is 6.92 Å². The van der Waals surface area contributed by atoms with Crippen LogP contribution >= 0.6 is 11.6 Å². The molecule has 0 saturated heterocycles. The average Bonchev–Trinajstić information content (AvgIpc) is 3.17. The SMILES string of the molecule is Cc1ccc(NC(=O)c2cn(-c3ccccc3)nc2-c2ccccc2)c(Cl)c1. The van der Waals surface area contributed by atoms with Crippen molar-refractivity contribution in [2.75, 3.05) is 5.32 Å². The third-order valence-corrected chi connectivity index (χ3v) is 4.71. The molecular weight excluding hydrogens is 370 g/mol.